The maximum atomic E-state index is 14.1. The lowest BCUT2D eigenvalue weighted by Gasteiger charge is -2.37. The summed E-state index contributed by atoms with van der Waals surface area (Å²) in [6.45, 7) is 4.16. The first kappa shape index (κ1) is 34.2. The largest absolute Gasteiger partial charge is 0.507 e. The van der Waals surface area contributed by atoms with E-state index in [1.54, 1.807) is 18.3 Å². The summed E-state index contributed by atoms with van der Waals surface area (Å²) >= 11 is 3.48. The molecule has 6 rings (SSSR count). The van der Waals surface area contributed by atoms with Crippen LogP contribution in [0.4, 0.5) is 0 Å². The van der Waals surface area contributed by atoms with E-state index in [0.717, 1.165) is 53.8 Å². The minimum Gasteiger partial charge on any atom is -0.507 e. The fraction of sp³-hybridized carbons (Fsp3) is 0.410. The molecule has 2 fully saturated rings. The molecule has 0 unspecified atom stereocenters. The Kier molecular flexibility index (Phi) is 10.9. The molecule has 0 saturated carbocycles. The maximum absolute atomic E-state index is 14.1. The fourth-order valence-electron chi connectivity index (χ4n) is 7.96. The number of aliphatic hydroxyl groups excluding tert-OH is 2. The van der Waals surface area contributed by atoms with Crippen molar-refractivity contribution in [3.05, 3.63) is 105 Å². The highest BCUT2D eigenvalue weighted by molar-refractivity contribution is 9.10. The molecule has 2 aliphatic heterocycles. The van der Waals surface area contributed by atoms with E-state index in [4.69, 9.17) is 0 Å². The number of piperidine rings is 1. The maximum Gasteiger partial charge on any atom is 0.234 e. The standard InChI is InChI=1S/C39H44BrN3O5/c1-2-26-22-31-37(39(48)43(38(31)47)30-15-18-42(19-16-30)23-25-8-4-3-5-9-25)32(24-44)36(26)35(46)13-11-27(33-10-6-7-17-41-33)20-28-21-29(40)12-14-34(28)45/h3-10,12,14,17,20-21,30-32,35,37,44-46H,2,11,13,15-16,18-19,22-24H2,1H3/b27-20-/t31-,32+,35-,37-/m1/s1. The number of likely N-dealkylation sites (tertiary alicyclic amines) is 2. The molecule has 2 saturated heterocycles. The molecule has 1 aromatic heterocycles. The van der Waals surface area contributed by atoms with Crippen molar-refractivity contribution >= 4 is 39.4 Å². The van der Waals surface area contributed by atoms with Crippen molar-refractivity contribution in [3.8, 4) is 5.75 Å². The summed E-state index contributed by atoms with van der Waals surface area (Å²) in [5.41, 5.74) is 5.11. The van der Waals surface area contributed by atoms with Crippen LogP contribution in [0.1, 0.15) is 62.3 Å². The number of allylic oxidation sites excluding steroid dienone is 2. The van der Waals surface area contributed by atoms with Crippen LogP contribution in [-0.2, 0) is 16.1 Å². The van der Waals surface area contributed by atoms with Crippen molar-refractivity contribution in [1.29, 1.82) is 0 Å². The second-order valence-electron chi connectivity index (χ2n) is 13.2. The Morgan fingerprint density at radius 1 is 1.04 bits per heavy atom. The molecule has 252 valence electrons. The molecule has 3 aromatic rings. The number of fused-ring (bicyclic) bond motifs is 1. The number of carbonyl (C=O) groups excluding carboxylic acids is 2. The van der Waals surface area contributed by atoms with Gasteiger partial charge in [-0.25, -0.2) is 0 Å². The summed E-state index contributed by atoms with van der Waals surface area (Å²) in [6.07, 6.45) is 5.95. The van der Waals surface area contributed by atoms with Gasteiger partial charge < -0.3 is 15.3 Å². The Morgan fingerprint density at radius 3 is 2.48 bits per heavy atom. The lowest BCUT2D eigenvalue weighted by atomic mass is 9.67. The van der Waals surface area contributed by atoms with E-state index in [9.17, 15) is 24.9 Å². The minimum absolute atomic E-state index is 0.126. The molecule has 1 aliphatic carbocycles. The molecule has 3 heterocycles. The van der Waals surface area contributed by atoms with Crippen molar-refractivity contribution in [2.45, 2.75) is 64.1 Å². The van der Waals surface area contributed by atoms with Crippen LogP contribution in [-0.4, -0.2) is 73.8 Å². The number of phenols is 1. The molecule has 48 heavy (non-hydrogen) atoms. The summed E-state index contributed by atoms with van der Waals surface area (Å²) in [5.74, 6) is -1.99. The number of imide groups is 1. The van der Waals surface area contributed by atoms with Gasteiger partial charge >= 0.3 is 0 Å². The van der Waals surface area contributed by atoms with Gasteiger partial charge in [0.2, 0.25) is 11.8 Å². The van der Waals surface area contributed by atoms with E-state index in [1.165, 1.54) is 10.5 Å². The quantitative estimate of drug-likeness (QED) is 0.160. The van der Waals surface area contributed by atoms with Gasteiger partial charge in [0.1, 0.15) is 5.75 Å². The van der Waals surface area contributed by atoms with Gasteiger partial charge in [-0.3, -0.25) is 24.4 Å². The number of nitrogens with zero attached hydrogens (tertiary/aromatic N) is 3. The van der Waals surface area contributed by atoms with Crippen LogP contribution < -0.4 is 0 Å². The van der Waals surface area contributed by atoms with Crippen LogP contribution in [0.3, 0.4) is 0 Å². The zero-order valence-corrected chi connectivity index (χ0v) is 28.9. The molecule has 3 N–H and O–H groups in total. The van der Waals surface area contributed by atoms with Gasteiger partial charge in [-0.05, 0) is 91.6 Å². The van der Waals surface area contributed by atoms with Gasteiger partial charge in [-0.1, -0.05) is 64.8 Å². The highest BCUT2D eigenvalue weighted by Gasteiger charge is 2.56. The molecule has 0 radical (unpaired) electrons. The predicted molar refractivity (Wildman–Crippen MR) is 189 cm³/mol. The van der Waals surface area contributed by atoms with Crippen molar-refractivity contribution in [2.75, 3.05) is 19.7 Å². The van der Waals surface area contributed by atoms with Gasteiger partial charge in [-0.2, -0.15) is 0 Å². The van der Waals surface area contributed by atoms with Gasteiger partial charge in [0.15, 0.2) is 0 Å². The predicted octanol–water partition coefficient (Wildman–Crippen LogP) is 6.22. The molecular weight excluding hydrogens is 670 g/mol. The summed E-state index contributed by atoms with van der Waals surface area (Å²) in [5, 5.41) is 33.1. The van der Waals surface area contributed by atoms with Crippen LogP contribution in [0, 0.1) is 17.8 Å². The fourth-order valence-corrected chi connectivity index (χ4v) is 8.34. The Labute approximate surface area is 290 Å². The third kappa shape index (κ3) is 7.20. The zero-order valence-electron chi connectivity index (χ0n) is 27.3. The van der Waals surface area contributed by atoms with Gasteiger partial charge in [0.25, 0.3) is 0 Å². The van der Waals surface area contributed by atoms with Crippen LogP contribution >= 0.6 is 15.9 Å². The third-order valence-electron chi connectivity index (χ3n) is 10.4. The molecular formula is C39H44BrN3O5. The summed E-state index contributed by atoms with van der Waals surface area (Å²) < 4.78 is 0.829. The first-order chi connectivity index (χ1) is 23.3. The first-order valence-electron chi connectivity index (χ1n) is 17.0. The molecule has 8 nitrogen and oxygen atoms in total. The van der Waals surface area contributed by atoms with Gasteiger partial charge in [0.05, 0.1) is 30.2 Å². The number of halogens is 1. The summed E-state index contributed by atoms with van der Waals surface area (Å²) in [4.78, 5) is 36.4. The highest BCUT2D eigenvalue weighted by atomic mass is 79.9. The average molecular weight is 715 g/mol. The summed E-state index contributed by atoms with van der Waals surface area (Å²) in [7, 11) is 0. The molecule has 9 heteroatoms. The number of phenolic OH excluding ortho intramolecular Hbond substituents is 1. The average Bonchev–Trinajstić information content (AvgIpc) is 3.36. The SMILES string of the molecule is CCC1=C([C@H](O)CC/C(=C/c2cc(Br)ccc2O)c2ccccn2)[C@H](CO)[C@@H]2C(=O)N(C3CCN(Cc4ccccc4)CC3)C(=O)[C@@H]2C1. The molecule has 2 amide bonds. The van der Waals surface area contributed by atoms with Crippen LogP contribution in [0.15, 0.2) is 88.5 Å². The third-order valence-corrected chi connectivity index (χ3v) is 10.9. The van der Waals surface area contributed by atoms with Gasteiger partial charge in [-0.15, -0.1) is 0 Å². The lowest BCUT2D eigenvalue weighted by Crippen LogP contribution is -2.47. The Morgan fingerprint density at radius 2 is 1.79 bits per heavy atom. The number of hydrogen-bond donors (Lipinski definition) is 3. The van der Waals surface area contributed by atoms with Crippen LogP contribution in [0.2, 0.25) is 0 Å². The number of aromatic nitrogens is 1. The van der Waals surface area contributed by atoms with Crippen LogP contribution in [0.25, 0.3) is 11.6 Å². The minimum atomic E-state index is -0.917. The van der Waals surface area contributed by atoms with Crippen molar-refractivity contribution in [2.24, 2.45) is 17.8 Å². The zero-order chi connectivity index (χ0) is 33.8. The van der Waals surface area contributed by atoms with Gasteiger partial charge in [0, 0.05) is 47.8 Å². The topological polar surface area (TPSA) is 114 Å². The molecule has 2 aromatic carbocycles. The second-order valence-corrected chi connectivity index (χ2v) is 14.1. The normalized spacial score (nSPS) is 23.1. The van der Waals surface area contributed by atoms with Crippen molar-refractivity contribution in [3.63, 3.8) is 0 Å². The van der Waals surface area contributed by atoms with E-state index in [-0.39, 0.29) is 30.2 Å². The number of aromatic hydroxyl groups is 1. The number of hydrogen-bond acceptors (Lipinski definition) is 7. The van der Waals surface area contributed by atoms with E-state index in [0.29, 0.717) is 36.8 Å². The number of pyridine rings is 1. The van der Waals surface area contributed by atoms with E-state index >= 15 is 0 Å². The first-order valence-corrected chi connectivity index (χ1v) is 17.8. The van der Waals surface area contributed by atoms with Crippen molar-refractivity contribution < 1.29 is 24.9 Å². The van der Waals surface area contributed by atoms with E-state index < -0.39 is 23.9 Å². The lowest BCUT2D eigenvalue weighted by molar-refractivity contribution is -0.144. The smallest absolute Gasteiger partial charge is 0.234 e. The number of amides is 2. The number of carbonyl (C=O) groups is 2. The van der Waals surface area contributed by atoms with E-state index in [1.807, 2.05) is 55.5 Å². The van der Waals surface area contributed by atoms with Crippen molar-refractivity contribution in [1.82, 2.24) is 14.8 Å². The second kappa shape index (κ2) is 15.3. The molecule has 0 spiro atoms. The molecule has 3 aliphatic rings. The Balaban J connectivity index is 1.19. The van der Waals surface area contributed by atoms with E-state index in [2.05, 4.69) is 37.9 Å². The number of aliphatic hydroxyl groups is 2. The summed E-state index contributed by atoms with van der Waals surface area (Å²) in [6, 6.07) is 21.0. The molecule has 0 bridgehead atoms. The number of benzene rings is 2. The monoisotopic (exact) mass is 713 g/mol. The Bertz CT molecular complexity index is 1670. The number of rotatable bonds is 11. The Hall–Kier alpha value is -3.63. The highest BCUT2D eigenvalue weighted by Crippen LogP contribution is 2.48. The molecule has 4 atom stereocenters. The van der Waals surface area contributed by atoms with Crippen LogP contribution in [0.5, 0.6) is 5.75 Å².